The Balaban J connectivity index is 2.94. The summed E-state index contributed by atoms with van der Waals surface area (Å²) in [5.41, 5.74) is 0.648. The summed E-state index contributed by atoms with van der Waals surface area (Å²) in [4.78, 5) is 12.0. The molecule has 0 aliphatic heterocycles. The molecule has 0 fully saturated rings. The van der Waals surface area contributed by atoms with Gasteiger partial charge in [0.05, 0.1) is 12.7 Å². The molecular formula is C13H16O2. The molecule has 1 aromatic rings. The quantitative estimate of drug-likeness (QED) is 0.544. The first-order valence-corrected chi connectivity index (χ1v) is 4.98. The second kappa shape index (κ2) is 5.35. The number of carbonyl (C=O) groups excluding carboxylic acids is 1. The van der Waals surface area contributed by atoms with Crippen LogP contribution in [-0.4, -0.2) is 12.9 Å². The first kappa shape index (κ1) is 11.5. The lowest BCUT2D eigenvalue weighted by Crippen LogP contribution is -2.11. The fraction of sp³-hybridized carbons (Fsp3) is 0.308. The predicted molar refractivity (Wildman–Crippen MR) is 61.3 cm³/mol. The van der Waals surface area contributed by atoms with Crippen LogP contribution in [0.25, 0.3) is 0 Å². The van der Waals surface area contributed by atoms with Gasteiger partial charge in [0, 0.05) is 5.92 Å². The van der Waals surface area contributed by atoms with Gasteiger partial charge in [0.2, 0.25) is 0 Å². The smallest absolute Gasteiger partial charge is 0.169 e. The number of methoxy groups -OCH3 is 1. The van der Waals surface area contributed by atoms with Crippen LogP contribution in [0.4, 0.5) is 0 Å². The Bertz CT molecular complexity index is 355. The van der Waals surface area contributed by atoms with E-state index < -0.39 is 0 Å². The van der Waals surface area contributed by atoms with E-state index in [1.165, 1.54) is 0 Å². The predicted octanol–water partition coefficient (Wildman–Crippen LogP) is 3.09. The average molecular weight is 204 g/mol. The lowest BCUT2D eigenvalue weighted by Gasteiger charge is -2.11. The van der Waals surface area contributed by atoms with Crippen molar-refractivity contribution in [1.29, 1.82) is 0 Å². The largest absolute Gasteiger partial charge is 0.496 e. The lowest BCUT2D eigenvalue weighted by atomic mass is 9.96. The molecule has 0 N–H and O–H groups in total. The third kappa shape index (κ3) is 2.69. The van der Waals surface area contributed by atoms with Crippen LogP contribution in [0, 0.1) is 5.92 Å². The van der Waals surface area contributed by atoms with Crippen LogP contribution >= 0.6 is 0 Å². The number of hydrogen-bond donors (Lipinski definition) is 0. The molecule has 15 heavy (non-hydrogen) atoms. The van der Waals surface area contributed by atoms with Gasteiger partial charge in [-0.3, -0.25) is 4.79 Å². The van der Waals surface area contributed by atoms with Crippen molar-refractivity contribution in [2.75, 3.05) is 7.11 Å². The van der Waals surface area contributed by atoms with E-state index in [4.69, 9.17) is 4.74 Å². The van der Waals surface area contributed by atoms with Crippen LogP contribution in [0.1, 0.15) is 23.7 Å². The normalized spacial score (nSPS) is 11.9. The number of ether oxygens (including phenoxy) is 1. The highest BCUT2D eigenvalue weighted by atomic mass is 16.5. The Morgan fingerprint density at radius 2 is 2.20 bits per heavy atom. The number of allylic oxidation sites excluding steroid dienone is 1. The molecule has 2 nitrogen and oxygen atoms in total. The Morgan fingerprint density at radius 1 is 1.53 bits per heavy atom. The molecule has 0 aliphatic rings. The molecule has 1 unspecified atom stereocenters. The number of hydrogen-bond acceptors (Lipinski definition) is 2. The lowest BCUT2D eigenvalue weighted by molar-refractivity contribution is 0.0928. The summed E-state index contributed by atoms with van der Waals surface area (Å²) in [5, 5.41) is 0. The van der Waals surface area contributed by atoms with Crippen LogP contribution in [-0.2, 0) is 0 Å². The maximum Gasteiger partial charge on any atom is 0.169 e. The Kier molecular flexibility index (Phi) is 4.10. The molecule has 0 bridgehead atoms. The van der Waals surface area contributed by atoms with Crippen molar-refractivity contribution >= 4 is 5.78 Å². The van der Waals surface area contributed by atoms with Gasteiger partial charge in [0.1, 0.15) is 5.75 Å². The molecule has 0 saturated carbocycles. The summed E-state index contributed by atoms with van der Waals surface area (Å²) in [7, 11) is 1.57. The topological polar surface area (TPSA) is 26.3 Å². The van der Waals surface area contributed by atoms with Gasteiger partial charge in [0.25, 0.3) is 0 Å². The van der Waals surface area contributed by atoms with Gasteiger partial charge in [-0.05, 0) is 18.6 Å². The minimum Gasteiger partial charge on any atom is -0.496 e. The molecule has 0 radical (unpaired) electrons. The van der Waals surface area contributed by atoms with Crippen LogP contribution in [0.15, 0.2) is 36.9 Å². The third-order valence-corrected chi connectivity index (χ3v) is 2.34. The molecule has 0 saturated heterocycles. The monoisotopic (exact) mass is 204 g/mol. The molecule has 1 rings (SSSR count). The minimum absolute atomic E-state index is 0.0428. The summed E-state index contributed by atoms with van der Waals surface area (Å²) in [6.45, 7) is 5.54. The fourth-order valence-corrected chi connectivity index (χ4v) is 1.47. The van der Waals surface area contributed by atoms with Crippen molar-refractivity contribution in [3.63, 3.8) is 0 Å². The van der Waals surface area contributed by atoms with E-state index in [-0.39, 0.29) is 11.7 Å². The van der Waals surface area contributed by atoms with E-state index >= 15 is 0 Å². The van der Waals surface area contributed by atoms with Crippen LogP contribution in [0.5, 0.6) is 5.75 Å². The molecular weight excluding hydrogens is 188 g/mol. The SMILES string of the molecule is C=CCC(C)C(=O)c1ccccc1OC. The van der Waals surface area contributed by atoms with Crippen molar-refractivity contribution in [2.24, 2.45) is 5.92 Å². The van der Waals surface area contributed by atoms with E-state index in [1.54, 1.807) is 25.3 Å². The highest BCUT2D eigenvalue weighted by molar-refractivity contribution is 6.00. The fourth-order valence-electron chi connectivity index (χ4n) is 1.47. The van der Waals surface area contributed by atoms with Crippen molar-refractivity contribution in [1.82, 2.24) is 0 Å². The van der Waals surface area contributed by atoms with E-state index in [9.17, 15) is 4.79 Å². The number of rotatable bonds is 5. The molecule has 0 aromatic heterocycles. The van der Waals surface area contributed by atoms with Gasteiger partial charge in [-0.1, -0.05) is 25.1 Å². The van der Waals surface area contributed by atoms with Crippen LogP contribution < -0.4 is 4.74 Å². The molecule has 1 aromatic carbocycles. The van der Waals surface area contributed by atoms with Gasteiger partial charge in [0.15, 0.2) is 5.78 Å². The van der Waals surface area contributed by atoms with Gasteiger partial charge < -0.3 is 4.74 Å². The zero-order valence-electron chi connectivity index (χ0n) is 9.19. The number of carbonyl (C=O) groups is 1. The molecule has 0 amide bonds. The van der Waals surface area contributed by atoms with Gasteiger partial charge in [-0.25, -0.2) is 0 Å². The minimum atomic E-state index is -0.0428. The van der Waals surface area contributed by atoms with E-state index in [0.29, 0.717) is 17.7 Å². The summed E-state index contributed by atoms with van der Waals surface area (Å²) in [6, 6.07) is 7.29. The van der Waals surface area contributed by atoms with Gasteiger partial charge >= 0.3 is 0 Å². The molecule has 2 heteroatoms. The van der Waals surface area contributed by atoms with Crippen LogP contribution in [0.3, 0.4) is 0 Å². The second-order valence-corrected chi connectivity index (χ2v) is 3.49. The highest BCUT2D eigenvalue weighted by Gasteiger charge is 2.17. The number of para-hydroxylation sites is 1. The Labute approximate surface area is 90.6 Å². The zero-order chi connectivity index (χ0) is 11.3. The second-order valence-electron chi connectivity index (χ2n) is 3.49. The molecule has 0 aliphatic carbocycles. The zero-order valence-corrected chi connectivity index (χ0v) is 9.19. The number of benzene rings is 1. The Morgan fingerprint density at radius 3 is 2.80 bits per heavy atom. The number of ketones is 1. The molecule has 0 heterocycles. The van der Waals surface area contributed by atoms with Gasteiger partial charge in [-0.15, -0.1) is 6.58 Å². The van der Waals surface area contributed by atoms with Crippen molar-refractivity contribution < 1.29 is 9.53 Å². The first-order valence-electron chi connectivity index (χ1n) is 4.98. The number of Topliss-reactive ketones (excluding diaryl/α,β-unsaturated/α-hetero) is 1. The van der Waals surface area contributed by atoms with E-state index in [2.05, 4.69) is 6.58 Å². The van der Waals surface area contributed by atoms with E-state index in [0.717, 1.165) is 0 Å². The third-order valence-electron chi connectivity index (χ3n) is 2.34. The highest BCUT2D eigenvalue weighted by Crippen LogP contribution is 2.22. The van der Waals surface area contributed by atoms with E-state index in [1.807, 2.05) is 19.1 Å². The van der Waals surface area contributed by atoms with Gasteiger partial charge in [-0.2, -0.15) is 0 Å². The summed E-state index contributed by atoms with van der Waals surface area (Å²) >= 11 is 0. The summed E-state index contributed by atoms with van der Waals surface area (Å²) in [5.74, 6) is 0.699. The average Bonchev–Trinajstić information content (AvgIpc) is 2.28. The standard InChI is InChI=1S/C13H16O2/c1-4-7-10(2)13(14)11-8-5-6-9-12(11)15-3/h4-6,8-10H,1,7H2,2-3H3. The first-order chi connectivity index (χ1) is 7.20. The van der Waals surface area contributed by atoms with Crippen LogP contribution in [0.2, 0.25) is 0 Å². The summed E-state index contributed by atoms with van der Waals surface area (Å²) < 4.78 is 5.15. The molecule has 80 valence electrons. The molecule has 0 spiro atoms. The summed E-state index contributed by atoms with van der Waals surface area (Å²) in [6.07, 6.45) is 2.45. The molecule has 1 atom stereocenters. The maximum absolute atomic E-state index is 12.0. The maximum atomic E-state index is 12.0. The van der Waals surface area contributed by atoms with Crippen molar-refractivity contribution in [3.8, 4) is 5.75 Å². The Hall–Kier alpha value is -1.57. The van der Waals surface area contributed by atoms with Crippen molar-refractivity contribution in [2.45, 2.75) is 13.3 Å². The van der Waals surface area contributed by atoms with Crippen molar-refractivity contribution in [3.05, 3.63) is 42.5 Å².